The smallest absolute Gasteiger partial charge is 0.315 e. The predicted octanol–water partition coefficient (Wildman–Crippen LogP) is 1.19. The van der Waals surface area contributed by atoms with Crippen LogP contribution in [0.25, 0.3) is 0 Å². The van der Waals surface area contributed by atoms with Gasteiger partial charge in [-0.2, -0.15) is 0 Å². The number of fused-ring (bicyclic) bond motifs is 1. The summed E-state index contributed by atoms with van der Waals surface area (Å²) in [6, 6.07) is 5.39. The molecule has 8 heteroatoms. The highest BCUT2D eigenvalue weighted by Crippen LogP contribution is 2.30. The molecule has 128 valence electrons. The van der Waals surface area contributed by atoms with E-state index in [0.717, 1.165) is 17.1 Å². The first kappa shape index (κ1) is 16.1. The first-order valence-electron chi connectivity index (χ1n) is 7.90. The van der Waals surface area contributed by atoms with Crippen LogP contribution in [0.15, 0.2) is 24.5 Å². The standard InChI is InChI=1S/C16H21N5O3/c1-11(15-20-18-10-21(15)2)19-16(22)17-6-5-12-3-4-13-14(9-12)24-8-7-23-13/h3-4,9-11H,5-8H2,1-2H3,(H2,17,19,22)/t11-/m0/s1. The van der Waals surface area contributed by atoms with E-state index in [1.54, 1.807) is 10.9 Å². The lowest BCUT2D eigenvalue weighted by molar-refractivity contribution is 0.171. The monoisotopic (exact) mass is 331 g/mol. The minimum absolute atomic E-state index is 0.216. The molecule has 0 bridgehead atoms. The van der Waals surface area contributed by atoms with E-state index in [4.69, 9.17) is 9.47 Å². The van der Waals surface area contributed by atoms with Gasteiger partial charge in [0.2, 0.25) is 0 Å². The van der Waals surface area contributed by atoms with Crippen LogP contribution < -0.4 is 20.1 Å². The van der Waals surface area contributed by atoms with Crippen LogP contribution in [-0.4, -0.2) is 40.6 Å². The quantitative estimate of drug-likeness (QED) is 0.859. The summed E-state index contributed by atoms with van der Waals surface area (Å²) in [4.78, 5) is 12.0. The van der Waals surface area contributed by atoms with Crippen molar-refractivity contribution in [1.29, 1.82) is 0 Å². The molecule has 0 spiro atoms. The van der Waals surface area contributed by atoms with Gasteiger partial charge in [0.15, 0.2) is 17.3 Å². The average Bonchev–Trinajstić information content (AvgIpc) is 3.01. The molecular formula is C16H21N5O3. The van der Waals surface area contributed by atoms with Crippen LogP contribution in [0.5, 0.6) is 11.5 Å². The number of aryl methyl sites for hydroxylation is 1. The third kappa shape index (κ3) is 3.76. The molecule has 0 aliphatic carbocycles. The summed E-state index contributed by atoms with van der Waals surface area (Å²) in [5, 5.41) is 13.5. The molecule has 0 fully saturated rings. The highest BCUT2D eigenvalue weighted by atomic mass is 16.6. The number of ether oxygens (including phenoxy) is 2. The first-order valence-corrected chi connectivity index (χ1v) is 7.90. The van der Waals surface area contributed by atoms with Crippen molar-refractivity contribution in [1.82, 2.24) is 25.4 Å². The molecule has 2 N–H and O–H groups in total. The molecule has 0 saturated carbocycles. The van der Waals surface area contributed by atoms with Gasteiger partial charge in [0.25, 0.3) is 0 Å². The number of benzene rings is 1. The van der Waals surface area contributed by atoms with Gasteiger partial charge >= 0.3 is 6.03 Å². The maximum absolute atomic E-state index is 12.0. The number of carbonyl (C=O) groups excluding carboxylic acids is 1. The van der Waals surface area contributed by atoms with Gasteiger partial charge in [-0.3, -0.25) is 0 Å². The van der Waals surface area contributed by atoms with Crippen molar-refractivity contribution < 1.29 is 14.3 Å². The highest BCUT2D eigenvalue weighted by molar-refractivity contribution is 5.74. The fourth-order valence-electron chi connectivity index (χ4n) is 2.56. The Hall–Kier alpha value is -2.77. The van der Waals surface area contributed by atoms with Gasteiger partial charge in [0, 0.05) is 13.6 Å². The summed E-state index contributed by atoms with van der Waals surface area (Å²) in [7, 11) is 1.84. The van der Waals surface area contributed by atoms with E-state index in [0.29, 0.717) is 32.0 Å². The summed E-state index contributed by atoms with van der Waals surface area (Å²) in [5.41, 5.74) is 1.08. The van der Waals surface area contributed by atoms with Crippen molar-refractivity contribution in [2.45, 2.75) is 19.4 Å². The molecule has 1 aromatic carbocycles. The second-order valence-corrected chi connectivity index (χ2v) is 5.65. The molecule has 2 aromatic rings. The zero-order chi connectivity index (χ0) is 16.9. The van der Waals surface area contributed by atoms with E-state index < -0.39 is 0 Å². The minimum Gasteiger partial charge on any atom is -0.486 e. The summed E-state index contributed by atoms with van der Waals surface area (Å²) in [5.74, 6) is 2.24. The van der Waals surface area contributed by atoms with Crippen LogP contribution in [0.1, 0.15) is 24.4 Å². The van der Waals surface area contributed by atoms with Gasteiger partial charge in [0.1, 0.15) is 19.5 Å². The Kier molecular flexibility index (Phi) is 4.83. The summed E-state index contributed by atoms with van der Waals surface area (Å²) >= 11 is 0. The zero-order valence-corrected chi connectivity index (χ0v) is 13.8. The minimum atomic E-state index is -0.233. The van der Waals surface area contributed by atoms with Gasteiger partial charge in [-0.1, -0.05) is 6.07 Å². The van der Waals surface area contributed by atoms with Crippen LogP contribution in [0.3, 0.4) is 0 Å². The normalized spacial score (nSPS) is 14.1. The van der Waals surface area contributed by atoms with Crippen molar-refractivity contribution in [3.8, 4) is 11.5 Å². The number of hydrogen-bond acceptors (Lipinski definition) is 5. The van der Waals surface area contributed by atoms with E-state index in [-0.39, 0.29) is 12.1 Å². The zero-order valence-electron chi connectivity index (χ0n) is 13.8. The predicted molar refractivity (Wildman–Crippen MR) is 87.1 cm³/mol. The van der Waals surface area contributed by atoms with Crippen LogP contribution in [-0.2, 0) is 13.5 Å². The Balaban J connectivity index is 1.46. The summed E-state index contributed by atoms with van der Waals surface area (Å²) < 4.78 is 12.8. The van der Waals surface area contributed by atoms with E-state index in [2.05, 4.69) is 20.8 Å². The summed E-state index contributed by atoms with van der Waals surface area (Å²) in [6.07, 6.45) is 2.32. The molecule has 0 saturated heterocycles. The third-order valence-corrected chi connectivity index (χ3v) is 3.79. The van der Waals surface area contributed by atoms with Crippen molar-refractivity contribution in [3.63, 3.8) is 0 Å². The molecule has 1 aliphatic rings. The van der Waals surface area contributed by atoms with Crippen LogP contribution >= 0.6 is 0 Å². The van der Waals surface area contributed by atoms with Gasteiger partial charge in [0.05, 0.1) is 6.04 Å². The van der Waals surface area contributed by atoms with E-state index in [1.807, 2.05) is 32.2 Å². The van der Waals surface area contributed by atoms with E-state index in [1.165, 1.54) is 0 Å². The molecule has 2 amide bonds. The molecule has 2 heterocycles. The first-order chi connectivity index (χ1) is 11.6. The number of urea groups is 1. The molecule has 1 aromatic heterocycles. The third-order valence-electron chi connectivity index (χ3n) is 3.79. The number of carbonyl (C=O) groups is 1. The Morgan fingerprint density at radius 2 is 2.12 bits per heavy atom. The van der Waals surface area contributed by atoms with Crippen molar-refractivity contribution >= 4 is 6.03 Å². The number of amides is 2. The van der Waals surface area contributed by atoms with Crippen LogP contribution in [0.2, 0.25) is 0 Å². The van der Waals surface area contributed by atoms with Crippen molar-refractivity contribution in [3.05, 3.63) is 35.9 Å². The van der Waals surface area contributed by atoms with E-state index in [9.17, 15) is 4.79 Å². The second-order valence-electron chi connectivity index (χ2n) is 5.65. The van der Waals surface area contributed by atoms with Crippen LogP contribution in [0.4, 0.5) is 4.79 Å². The molecule has 8 nitrogen and oxygen atoms in total. The van der Waals surface area contributed by atoms with E-state index >= 15 is 0 Å². The number of nitrogens with zero attached hydrogens (tertiary/aromatic N) is 3. The molecule has 1 aliphatic heterocycles. The molecule has 1 atom stereocenters. The number of aromatic nitrogens is 3. The molecule has 0 radical (unpaired) electrons. The molecular weight excluding hydrogens is 310 g/mol. The van der Waals surface area contributed by atoms with Gasteiger partial charge in [-0.05, 0) is 31.0 Å². The largest absolute Gasteiger partial charge is 0.486 e. The lowest BCUT2D eigenvalue weighted by Crippen LogP contribution is -2.38. The lowest BCUT2D eigenvalue weighted by Gasteiger charge is -2.19. The SMILES string of the molecule is C[C@H](NC(=O)NCCc1ccc2c(c1)OCCO2)c1nncn1C. The lowest BCUT2D eigenvalue weighted by atomic mass is 10.1. The Labute approximate surface area is 140 Å². The molecule has 3 rings (SSSR count). The Bertz CT molecular complexity index is 715. The maximum Gasteiger partial charge on any atom is 0.315 e. The average molecular weight is 331 g/mol. The Morgan fingerprint density at radius 1 is 1.33 bits per heavy atom. The topological polar surface area (TPSA) is 90.3 Å². The highest BCUT2D eigenvalue weighted by Gasteiger charge is 2.14. The maximum atomic E-state index is 12.0. The van der Waals surface area contributed by atoms with Gasteiger partial charge in [-0.25, -0.2) is 4.79 Å². The van der Waals surface area contributed by atoms with Crippen molar-refractivity contribution in [2.24, 2.45) is 7.05 Å². The van der Waals surface area contributed by atoms with Gasteiger partial charge < -0.3 is 24.7 Å². The molecule has 0 unspecified atom stereocenters. The second kappa shape index (κ2) is 7.20. The Morgan fingerprint density at radius 3 is 2.88 bits per heavy atom. The van der Waals surface area contributed by atoms with Crippen LogP contribution in [0, 0.1) is 0 Å². The number of rotatable bonds is 5. The molecule has 24 heavy (non-hydrogen) atoms. The fourth-order valence-corrected chi connectivity index (χ4v) is 2.56. The van der Waals surface area contributed by atoms with Crippen molar-refractivity contribution in [2.75, 3.05) is 19.8 Å². The number of nitrogens with one attached hydrogen (secondary N) is 2. The van der Waals surface area contributed by atoms with Gasteiger partial charge in [-0.15, -0.1) is 10.2 Å². The number of hydrogen-bond donors (Lipinski definition) is 2. The summed E-state index contributed by atoms with van der Waals surface area (Å²) in [6.45, 7) is 3.54. The fraction of sp³-hybridized carbons (Fsp3) is 0.438.